The summed E-state index contributed by atoms with van der Waals surface area (Å²) in [5, 5.41) is 2.48. The number of aryl methyl sites for hydroxylation is 2. The summed E-state index contributed by atoms with van der Waals surface area (Å²) in [6.07, 6.45) is 2.90. The molecule has 2 rings (SSSR count). The van der Waals surface area contributed by atoms with Gasteiger partial charge in [-0.15, -0.1) is 0 Å². The van der Waals surface area contributed by atoms with Crippen LogP contribution in [0, 0.1) is 6.92 Å². The van der Waals surface area contributed by atoms with Gasteiger partial charge in [-0.3, -0.25) is 4.79 Å². The summed E-state index contributed by atoms with van der Waals surface area (Å²) in [6.45, 7) is 1.84. The van der Waals surface area contributed by atoms with Gasteiger partial charge in [0, 0.05) is 25.1 Å². The minimum absolute atomic E-state index is 0.113. The van der Waals surface area contributed by atoms with Crippen LogP contribution in [-0.2, 0) is 21.7 Å². The number of rotatable bonds is 4. The van der Waals surface area contributed by atoms with Crippen molar-refractivity contribution in [3.05, 3.63) is 42.2 Å². The zero-order chi connectivity index (χ0) is 14.8. The third-order valence-electron chi connectivity index (χ3n) is 2.80. The normalized spacial score (nSPS) is 11.3. The van der Waals surface area contributed by atoms with Crippen LogP contribution in [0.1, 0.15) is 5.56 Å². The van der Waals surface area contributed by atoms with E-state index in [4.69, 9.17) is 0 Å². The minimum Gasteiger partial charge on any atom is -0.325 e. The van der Waals surface area contributed by atoms with E-state index in [2.05, 4.69) is 10.3 Å². The molecular formula is C13H15N3O3S. The van der Waals surface area contributed by atoms with Crippen molar-refractivity contribution in [3.8, 4) is 0 Å². The first-order valence-corrected chi connectivity index (χ1v) is 7.61. The Bertz CT molecular complexity index is 735. The van der Waals surface area contributed by atoms with Gasteiger partial charge in [-0.1, -0.05) is 18.2 Å². The zero-order valence-electron chi connectivity index (χ0n) is 11.2. The number of carbonyl (C=O) groups is 1. The Hall–Kier alpha value is -2.15. The fraction of sp³-hybridized carbons (Fsp3) is 0.231. The first-order valence-electron chi connectivity index (χ1n) is 5.96. The Morgan fingerprint density at radius 3 is 2.65 bits per heavy atom. The lowest BCUT2D eigenvalue weighted by atomic mass is 10.2. The molecule has 0 atom stereocenters. The number of sulfone groups is 1. The second-order valence-corrected chi connectivity index (χ2v) is 6.33. The van der Waals surface area contributed by atoms with Gasteiger partial charge in [0.25, 0.3) is 0 Å². The van der Waals surface area contributed by atoms with E-state index in [1.165, 1.54) is 17.0 Å². The first-order chi connectivity index (χ1) is 9.40. The molecule has 2 aromatic rings. The number of nitrogens with zero attached hydrogens (tertiary/aromatic N) is 2. The summed E-state index contributed by atoms with van der Waals surface area (Å²) in [5.74, 6) is -1.21. The van der Waals surface area contributed by atoms with Crippen LogP contribution < -0.4 is 5.32 Å². The number of nitrogens with one attached hydrogen (secondary N) is 1. The van der Waals surface area contributed by atoms with Crippen molar-refractivity contribution >= 4 is 21.4 Å². The highest BCUT2D eigenvalue weighted by Gasteiger charge is 2.23. The molecule has 0 saturated carbocycles. The maximum Gasteiger partial charge on any atom is 0.240 e. The van der Waals surface area contributed by atoms with E-state index in [0.717, 1.165) is 5.56 Å². The molecule has 1 amide bonds. The average molecular weight is 293 g/mol. The number of imidazole rings is 1. The number of aromatic nitrogens is 2. The summed E-state index contributed by atoms with van der Waals surface area (Å²) in [5.41, 5.74) is 1.47. The highest BCUT2D eigenvalue weighted by molar-refractivity contribution is 7.92. The van der Waals surface area contributed by atoms with Gasteiger partial charge in [0.1, 0.15) is 5.75 Å². The molecule has 0 spiro atoms. The number of carbonyl (C=O) groups excluding carboxylic acids is 1. The Balaban J connectivity index is 2.13. The molecule has 7 heteroatoms. The van der Waals surface area contributed by atoms with Crippen LogP contribution in [-0.4, -0.2) is 29.6 Å². The molecule has 106 valence electrons. The lowest BCUT2D eigenvalue weighted by Crippen LogP contribution is -2.25. The van der Waals surface area contributed by atoms with Gasteiger partial charge >= 0.3 is 0 Å². The van der Waals surface area contributed by atoms with E-state index in [9.17, 15) is 13.2 Å². The zero-order valence-corrected chi connectivity index (χ0v) is 12.0. The quantitative estimate of drug-likeness (QED) is 0.916. The molecule has 0 radical (unpaired) electrons. The van der Waals surface area contributed by atoms with Crippen molar-refractivity contribution in [1.29, 1.82) is 0 Å². The van der Waals surface area contributed by atoms with Gasteiger partial charge in [-0.05, 0) is 18.6 Å². The second kappa shape index (κ2) is 5.46. The van der Waals surface area contributed by atoms with E-state index in [0.29, 0.717) is 5.69 Å². The van der Waals surface area contributed by atoms with E-state index in [1.54, 1.807) is 19.2 Å². The molecule has 1 N–H and O–H groups in total. The predicted octanol–water partition coefficient (Wildman–Crippen LogP) is 1.14. The van der Waals surface area contributed by atoms with Gasteiger partial charge in [0.05, 0.1) is 0 Å². The maximum absolute atomic E-state index is 12.1. The molecule has 1 aromatic carbocycles. The lowest BCUT2D eigenvalue weighted by Gasteiger charge is -2.08. The van der Waals surface area contributed by atoms with Crippen molar-refractivity contribution in [2.24, 2.45) is 7.05 Å². The molecule has 0 bridgehead atoms. The highest BCUT2D eigenvalue weighted by Crippen LogP contribution is 2.14. The van der Waals surface area contributed by atoms with E-state index < -0.39 is 21.5 Å². The Kier molecular flexibility index (Phi) is 3.89. The summed E-state index contributed by atoms with van der Waals surface area (Å²) >= 11 is 0. The summed E-state index contributed by atoms with van der Waals surface area (Å²) in [7, 11) is -2.17. The molecule has 0 aliphatic rings. The van der Waals surface area contributed by atoms with Gasteiger partial charge in [-0.25, -0.2) is 13.4 Å². The largest absolute Gasteiger partial charge is 0.325 e. The molecule has 0 aliphatic carbocycles. The van der Waals surface area contributed by atoms with Crippen LogP contribution in [0.25, 0.3) is 0 Å². The SMILES string of the molecule is Cc1ccccc1NC(=O)CS(=O)(=O)c1nccn1C. The van der Waals surface area contributed by atoms with E-state index in [-0.39, 0.29) is 5.16 Å². The molecule has 6 nitrogen and oxygen atoms in total. The average Bonchev–Trinajstić information content (AvgIpc) is 2.78. The minimum atomic E-state index is -3.74. The molecule has 0 fully saturated rings. The van der Waals surface area contributed by atoms with Gasteiger partial charge < -0.3 is 9.88 Å². The number of hydrogen-bond acceptors (Lipinski definition) is 4. The highest BCUT2D eigenvalue weighted by atomic mass is 32.2. The first kappa shape index (κ1) is 14.3. The van der Waals surface area contributed by atoms with Crippen LogP contribution in [0.3, 0.4) is 0 Å². The Morgan fingerprint density at radius 1 is 1.35 bits per heavy atom. The topological polar surface area (TPSA) is 81.1 Å². The molecule has 20 heavy (non-hydrogen) atoms. The van der Waals surface area contributed by atoms with Gasteiger partial charge in [0.2, 0.25) is 20.9 Å². The van der Waals surface area contributed by atoms with Crippen molar-refractivity contribution in [3.63, 3.8) is 0 Å². The predicted molar refractivity (Wildman–Crippen MR) is 75.1 cm³/mol. The molecule has 0 unspecified atom stereocenters. The second-order valence-electron chi connectivity index (χ2n) is 4.44. The van der Waals surface area contributed by atoms with Crippen molar-refractivity contribution < 1.29 is 13.2 Å². The third-order valence-corrected chi connectivity index (χ3v) is 4.39. The standard InChI is InChI=1S/C13H15N3O3S/c1-10-5-3-4-6-11(10)15-12(17)9-20(18,19)13-14-7-8-16(13)2/h3-8H,9H2,1-2H3,(H,15,17). The van der Waals surface area contributed by atoms with Gasteiger partial charge in [-0.2, -0.15) is 0 Å². The number of amides is 1. The maximum atomic E-state index is 12.1. The number of anilines is 1. The molecule has 0 saturated heterocycles. The third kappa shape index (κ3) is 3.05. The number of hydrogen-bond donors (Lipinski definition) is 1. The lowest BCUT2D eigenvalue weighted by molar-refractivity contribution is -0.113. The molecular weight excluding hydrogens is 278 g/mol. The van der Waals surface area contributed by atoms with Gasteiger partial charge in [0.15, 0.2) is 0 Å². The Morgan fingerprint density at radius 2 is 2.05 bits per heavy atom. The molecule has 0 aliphatic heterocycles. The number of para-hydroxylation sites is 1. The number of benzene rings is 1. The summed E-state index contributed by atoms with van der Waals surface area (Å²) in [4.78, 5) is 15.6. The fourth-order valence-electron chi connectivity index (χ4n) is 1.79. The van der Waals surface area contributed by atoms with Crippen LogP contribution in [0.5, 0.6) is 0 Å². The van der Waals surface area contributed by atoms with Crippen LogP contribution >= 0.6 is 0 Å². The summed E-state index contributed by atoms with van der Waals surface area (Å²) < 4.78 is 25.5. The van der Waals surface area contributed by atoms with Crippen molar-refractivity contribution in [1.82, 2.24) is 9.55 Å². The van der Waals surface area contributed by atoms with Crippen LogP contribution in [0.4, 0.5) is 5.69 Å². The Labute approximate surface area is 117 Å². The smallest absolute Gasteiger partial charge is 0.240 e. The molecule has 1 aromatic heterocycles. The van der Waals surface area contributed by atoms with Crippen molar-refractivity contribution in [2.45, 2.75) is 12.1 Å². The summed E-state index contributed by atoms with van der Waals surface area (Å²) in [6, 6.07) is 7.18. The van der Waals surface area contributed by atoms with Crippen LogP contribution in [0.2, 0.25) is 0 Å². The molecule has 1 heterocycles. The monoisotopic (exact) mass is 293 g/mol. The van der Waals surface area contributed by atoms with E-state index >= 15 is 0 Å². The fourth-order valence-corrected chi connectivity index (χ4v) is 3.06. The van der Waals surface area contributed by atoms with Crippen molar-refractivity contribution in [2.75, 3.05) is 11.1 Å². The van der Waals surface area contributed by atoms with Crippen LogP contribution in [0.15, 0.2) is 41.8 Å². The van der Waals surface area contributed by atoms with E-state index in [1.807, 2.05) is 19.1 Å².